The maximum Gasteiger partial charge on any atom is 0.343 e. The summed E-state index contributed by atoms with van der Waals surface area (Å²) in [6, 6.07) is 21.8. The molecule has 0 aromatic heterocycles. The second kappa shape index (κ2) is 20.0. The average molecular weight is 659 g/mol. The van der Waals surface area contributed by atoms with Crippen molar-refractivity contribution in [2.24, 2.45) is 11.3 Å². The van der Waals surface area contributed by atoms with Gasteiger partial charge in [-0.25, -0.2) is 9.59 Å². The molecule has 7 heteroatoms. The fourth-order valence-corrected chi connectivity index (χ4v) is 5.37. The number of carbonyl (C=O) groups is 2. The summed E-state index contributed by atoms with van der Waals surface area (Å²) < 4.78 is 27.9. The van der Waals surface area contributed by atoms with Crippen LogP contribution in [0.4, 0.5) is 0 Å². The van der Waals surface area contributed by atoms with Gasteiger partial charge in [0.25, 0.3) is 0 Å². The second-order valence-electron chi connectivity index (χ2n) is 13.5. The first-order valence-corrected chi connectivity index (χ1v) is 17.8. The van der Waals surface area contributed by atoms with Gasteiger partial charge in [0, 0.05) is 12.0 Å². The van der Waals surface area contributed by atoms with Crippen molar-refractivity contribution in [1.82, 2.24) is 0 Å². The van der Waals surface area contributed by atoms with Crippen LogP contribution >= 0.6 is 0 Å². The van der Waals surface area contributed by atoms with Crippen molar-refractivity contribution in [3.05, 3.63) is 83.9 Å². The van der Waals surface area contributed by atoms with E-state index in [9.17, 15) is 9.59 Å². The monoisotopic (exact) mass is 658 g/mol. The number of esters is 2. The molecule has 48 heavy (non-hydrogen) atoms. The average Bonchev–Trinajstić information content (AvgIpc) is 3.10. The number of hydrogen-bond acceptors (Lipinski definition) is 7. The molecule has 1 fully saturated rings. The van der Waals surface area contributed by atoms with Crippen LogP contribution in [0.25, 0.3) is 11.1 Å². The Labute approximate surface area is 287 Å². The number of rotatable bonds is 22. The molecule has 1 aliphatic heterocycles. The maximum atomic E-state index is 12.7. The molecular formula is C41H54O7. The van der Waals surface area contributed by atoms with Gasteiger partial charge in [0.05, 0.1) is 44.2 Å². The summed E-state index contributed by atoms with van der Waals surface area (Å²) >= 11 is 0. The molecule has 3 aromatic carbocycles. The van der Waals surface area contributed by atoms with Crippen molar-refractivity contribution in [1.29, 1.82) is 0 Å². The summed E-state index contributed by atoms with van der Waals surface area (Å²) in [5.74, 6) is 0.709. The zero-order valence-corrected chi connectivity index (χ0v) is 29.2. The third kappa shape index (κ3) is 12.7. The van der Waals surface area contributed by atoms with Crippen LogP contribution in [0.5, 0.6) is 11.5 Å². The molecule has 0 bridgehead atoms. The minimum atomic E-state index is -0.459. The lowest BCUT2D eigenvalue weighted by Gasteiger charge is -2.37. The van der Waals surface area contributed by atoms with E-state index in [1.807, 2.05) is 43.3 Å². The fraction of sp³-hybridized carbons (Fsp3) is 0.512. The van der Waals surface area contributed by atoms with Gasteiger partial charge in [-0.2, -0.15) is 0 Å². The van der Waals surface area contributed by atoms with Gasteiger partial charge in [0.2, 0.25) is 0 Å². The summed E-state index contributed by atoms with van der Waals surface area (Å²) in [5.41, 5.74) is 3.18. The SMILES string of the molecule is CC[C@@H](C)COC(=O)c1ccc(OC(=O)c2ccc(-c3ccc(OCCCCCCCCCCCOCC4(C)COC4)cc3)cc2)cc1. The number of unbranched alkanes of at least 4 members (excludes halogenated alkanes) is 8. The predicted molar refractivity (Wildman–Crippen MR) is 190 cm³/mol. The molecule has 1 heterocycles. The molecule has 0 amide bonds. The van der Waals surface area contributed by atoms with Crippen LogP contribution in [0, 0.1) is 11.3 Å². The lowest BCUT2D eigenvalue weighted by Crippen LogP contribution is -2.43. The summed E-state index contributed by atoms with van der Waals surface area (Å²) in [5, 5.41) is 0. The van der Waals surface area contributed by atoms with Crippen molar-refractivity contribution in [3.63, 3.8) is 0 Å². The first kappa shape index (κ1) is 37.1. The normalized spacial score (nSPS) is 14.1. The third-order valence-corrected chi connectivity index (χ3v) is 8.86. The quantitative estimate of drug-likeness (QED) is 0.0604. The van der Waals surface area contributed by atoms with Crippen LogP contribution in [0.1, 0.15) is 106 Å². The molecule has 1 atom stereocenters. The molecule has 0 N–H and O–H groups in total. The van der Waals surface area contributed by atoms with Crippen LogP contribution in [-0.4, -0.2) is 51.6 Å². The summed E-state index contributed by atoms with van der Waals surface area (Å²) in [7, 11) is 0. The summed E-state index contributed by atoms with van der Waals surface area (Å²) in [4.78, 5) is 24.9. The topological polar surface area (TPSA) is 80.3 Å². The molecule has 1 aliphatic rings. The van der Waals surface area contributed by atoms with Gasteiger partial charge in [-0.05, 0) is 78.4 Å². The van der Waals surface area contributed by atoms with Gasteiger partial charge >= 0.3 is 11.9 Å². The Kier molecular flexibility index (Phi) is 15.5. The molecule has 0 unspecified atom stereocenters. The van der Waals surface area contributed by atoms with Crippen molar-refractivity contribution < 1.29 is 33.3 Å². The molecule has 260 valence electrons. The zero-order valence-electron chi connectivity index (χ0n) is 29.2. The van der Waals surface area contributed by atoms with Crippen molar-refractivity contribution in [3.8, 4) is 22.6 Å². The Morgan fingerprint density at radius 3 is 1.75 bits per heavy atom. The number of carbonyl (C=O) groups excluding carboxylic acids is 2. The highest BCUT2D eigenvalue weighted by atomic mass is 16.5. The van der Waals surface area contributed by atoms with Crippen LogP contribution < -0.4 is 9.47 Å². The molecule has 0 aliphatic carbocycles. The van der Waals surface area contributed by atoms with E-state index in [0.717, 1.165) is 69.2 Å². The lowest BCUT2D eigenvalue weighted by molar-refractivity contribution is -0.137. The molecular weight excluding hydrogens is 604 g/mol. The van der Waals surface area contributed by atoms with Crippen molar-refractivity contribution in [2.75, 3.05) is 39.6 Å². The van der Waals surface area contributed by atoms with E-state index in [1.54, 1.807) is 36.4 Å². The Bertz CT molecular complexity index is 1360. The van der Waals surface area contributed by atoms with Gasteiger partial charge in [0.1, 0.15) is 11.5 Å². The molecule has 3 aromatic rings. The number of benzene rings is 3. The van der Waals surface area contributed by atoms with E-state index in [2.05, 4.69) is 13.8 Å². The van der Waals surface area contributed by atoms with E-state index in [4.69, 9.17) is 23.7 Å². The van der Waals surface area contributed by atoms with Gasteiger partial charge in [-0.3, -0.25) is 0 Å². The van der Waals surface area contributed by atoms with Gasteiger partial charge < -0.3 is 23.7 Å². The molecule has 4 rings (SSSR count). The van der Waals surface area contributed by atoms with E-state index < -0.39 is 5.97 Å². The first-order chi connectivity index (χ1) is 23.3. The first-order valence-electron chi connectivity index (χ1n) is 17.8. The minimum Gasteiger partial charge on any atom is -0.494 e. The maximum absolute atomic E-state index is 12.7. The van der Waals surface area contributed by atoms with Gasteiger partial charge in [0.15, 0.2) is 0 Å². The Morgan fingerprint density at radius 2 is 1.19 bits per heavy atom. The third-order valence-electron chi connectivity index (χ3n) is 8.86. The lowest BCUT2D eigenvalue weighted by atomic mass is 9.90. The van der Waals surface area contributed by atoms with E-state index in [-0.39, 0.29) is 11.4 Å². The molecule has 0 radical (unpaired) electrons. The van der Waals surface area contributed by atoms with E-state index in [1.165, 1.54) is 44.9 Å². The highest BCUT2D eigenvalue weighted by Gasteiger charge is 2.33. The molecule has 7 nitrogen and oxygen atoms in total. The Morgan fingerprint density at radius 1 is 0.688 bits per heavy atom. The van der Waals surface area contributed by atoms with Crippen LogP contribution in [0.2, 0.25) is 0 Å². The van der Waals surface area contributed by atoms with Crippen molar-refractivity contribution >= 4 is 11.9 Å². The van der Waals surface area contributed by atoms with E-state index in [0.29, 0.717) is 29.4 Å². The molecule has 1 saturated heterocycles. The largest absolute Gasteiger partial charge is 0.494 e. The summed E-state index contributed by atoms with van der Waals surface area (Å²) in [6.07, 6.45) is 12.1. The highest BCUT2D eigenvalue weighted by Crippen LogP contribution is 2.27. The number of hydrogen-bond donors (Lipinski definition) is 0. The van der Waals surface area contributed by atoms with E-state index >= 15 is 0 Å². The van der Waals surface area contributed by atoms with Gasteiger partial charge in [-0.1, -0.05) is 96.4 Å². The van der Waals surface area contributed by atoms with Crippen LogP contribution in [-0.2, 0) is 14.2 Å². The molecule has 0 saturated carbocycles. The highest BCUT2D eigenvalue weighted by molar-refractivity contribution is 5.92. The van der Waals surface area contributed by atoms with Crippen LogP contribution in [0.15, 0.2) is 72.8 Å². The Hall–Kier alpha value is -3.68. The smallest absolute Gasteiger partial charge is 0.343 e. The predicted octanol–water partition coefficient (Wildman–Crippen LogP) is 9.72. The van der Waals surface area contributed by atoms with Crippen molar-refractivity contribution in [2.45, 2.75) is 85.0 Å². The zero-order chi connectivity index (χ0) is 34.0. The fourth-order valence-electron chi connectivity index (χ4n) is 5.37. The van der Waals surface area contributed by atoms with Gasteiger partial charge in [-0.15, -0.1) is 0 Å². The summed E-state index contributed by atoms with van der Waals surface area (Å²) in [6.45, 7) is 10.8. The van der Waals surface area contributed by atoms with Crippen LogP contribution in [0.3, 0.4) is 0 Å². The molecule has 0 spiro atoms. The Balaban J connectivity index is 1.05. The second-order valence-corrected chi connectivity index (χ2v) is 13.5. The standard InChI is InChI=1S/C41H54O7/c1-4-32(2)28-47-39(42)35-20-24-38(25-21-35)48-40(43)36-16-14-33(15-17-36)34-18-22-37(23-19-34)46-27-13-11-9-7-5-6-8-10-12-26-44-29-41(3)30-45-31-41/h14-25,32H,4-13,26-31H2,1-3H3/t32-/m1/s1. The number of ether oxygens (including phenoxy) is 5. The minimum absolute atomic E-state index is 0.261.